The summed E-state index contributed by atoms with van der Waals surface area (Å²) in [6.07, 6.45) is 64.2. The molecule has 0 rings (SSSR count). The lowest BCUT2D eigenvalue weighted by Crippen LogP contribution is -2.45. The number of amides is 1. The molecular weight excluding hydrogens is 802 g/mol. The summed E-state index contributed by atoms with van der Waals surface area (Å²) in [7, 11) is -4.72. The average Bonchev–Trinajstić information content (AvgIpc) is 3.26. The molecule has 1 amide bonds. The fourth-order valence-electron chi connectivity index (χ4n) is 8.99. The smallest absolute Gasteiger partial charge is 0.387 e. The van der Waals surface area contributed by atoms with Gasteiger partial charge in [0.15, 0.2) is 0 Å². The van der Waals surface area contributed by atoms with E-state index in [1.165, 1.54) is 257 Å². The number of carbonyl (C=O) groups is 1. The van der Waals surface area contributed by atoms with Crippen LogP contribution in [0.4, 0.5) is 0 Å². The number of hydrogen-bond donors (Lipinski definition) is 4. The summed E-state index contributed by atoms with van der Waals surface area (Å²) in [5.41, 5.74) is 0. The van der Waals surface area contributed by atoms with Crippen LogP contribution in [-0.2, 0) is 13.9 Å². The molecule has 0 aromatic rings. The molecule has 0 spiro atoms. The lowest BCUT2D eigenvalue weighted by atomic mass is 10.0. The van der Waals surface area contributed by atoms with Crippen molar-refractivity contribution in [1.29, 1.82) is 0 Å². The molecule has 0 aliphatic carbocycles. The van der Waals surface area contributed by atoms with Gasteiger partial charge < -0.3 is 20.2 Å². The topological polar surface area (TPSA) is 116 Å². The molecule has 7 nitrogen and oxygen atoms in total. The fraction of sp³-hybridized carbons (Fsp3) is 0.945. The summed E-state index contributed by atoms with van der Waals surface area (Å²) in [6.45, 7) is 4.12. The molecule has 63 heavy (non-hydrogen) atoms. The highest BCUT2D eigenvalue weighted by atomic mass is 31.2. The number of hydrogen-bond acceptors (Lipinski definition) is 4. The lowest BCUT2D eigenvalue weighted by molar-refractivity contribution is -0.123. The number of nitrogens with one attached hydrogen (secondary N) is 1. The normalized spacial score (nSPS) is 13.0. The molecule has 0 saturated carbocycles. The van der Waals surface area contributed by atoms with E-state index in [-0.39, 0.29) is 5.91 Å². The van der Waals surface area contributed by atoms with Crippen molar-refractivity contribution in [2.45, 2.75) is 328 Å². The number of aliphatic hydroxyl groups excluding tert-OH is 1. The Morgan fingerprint density at radius 3 is 0.968 bits per heavy atom. The Morgan fingerprint density at radius 1 is 0.444 bits per heavy atom. The van der Waals surface area contributed by atoms with E-state index < -0.39 is 26.6 Å². The van der Waals surface area contributed by atoms with Gasteiger partial charge in [0.2, 0.25) is 5.91 Å². The van der Waals surface area contributed by atoms with Crippen molar-refractivity contribution in [3.05, 3.63) is 12.2 Å². The quantitative estimate of drug-likeness (QED) is 0.0274. The predicted molar refractivity (Wildman–Crippen MR) is 273 cm³/mol. The van der Waals surface area contributed by atoms with E-state index in [2.05, 4.69) is 23.7 Å². The van der Waals surface area contributed by atoms with Gasteiger partial charge in [-0.05, 0) is 19.3 Å². The third kappa shape index (κ3) is 52.1. The second-order valence-corrected chi connectivity index (χ2v) is 20.9. The van der Waals surface area contributed by atoms with Gasteiger partial charge in [-0.2, -0.15) is 0 Å². The first-order valence-corrected chi connectivity index (χ1v) is 29.7. The fourth-order valence-corrected chi connectivity index (χ4v) is 9.35. The molecule has 0 aliphatic heterocycles. The number of phosphoric acid groups is 1. The Kier molecular flexibility index (Phi) is 50.1. The SMILES string of the molecule is CCCCCCCCCCCCCCCCC/C=C/[C@@H](O)[C@H](COP(=O)(O)O)NC(=O)CCCCCCCCCCCCCCCCCCCCCCCCCCCCCCCC. The van der Waals surface area contributed by atoms with Crippen molar-refractivity contribution in [2.75, 3.05) is 6.61 Å². The number of unbranched alkanes of at least 4 members (excludes halogenated alkanes) is 44. The van der Waals surface area contributed by atoms with Gasteiger partial charge in [0, 0.05) is 6.42 Å². The van der Waals surface area contributed by atoms with Crippen LogP contribution in [0.3, 0.4) is 0 Å². The van der Waals surface area contributed by atoms with Gasteiger partial charge >= 0.3 is 7.82 Å². The maximum Gasteiger partial charge on any atom is 0.469 e. The molecule has 376 valence electrons. The van der Waals surface area contributed by atoms with Crippen LogP contribution in [0.25, 0.3) is 0 Å². The number of carbonyl (C=O) groups excluding carboxylic acids is 1. The van der Waals surface area contributed by atoms with E-state index in [9.17, 15) is 24.3 Å². The molecule has 0 fully saturated rings. The molecule has 2 atom stereocenters. The molecule has 0 saturated heterocycles. The molecule has 0 aliphatic rings. The van der Waals surface area contributed by atoms with E-state index in [1.54, 1.807) is 6.08 Å². The van der Waals surface area contributed by atoms with Crippen LogP contribution in [0, 0.1) is 0 Å². The maximum absolute atomic E-state index is 12.7. The number of rotatable bonds is 53. The van der Waals surface area contributed by atoms with Gasteiger partial charge in [0.1, 0.15) is 0 Å². The van der Waals surface area contributed by atoms with Crippen molar-refractivity contribution < 1.29 is 28.8 Å². The third-order valence-corrected chi connectivity index (χ3v) is 13.7. The van der Waals surface area contributed by atoms with E-state index in [4.69, 9.17) is 0 Å². The largest absolute Gasteiger partial charge is 0.469 e. The van der Waals surface area contributed by atoms with Crippen molar-refractivity contribution in [2.24, 2.45) is 0 Å². The highest BCUT2D eigenvalue weighted by Gasteiger charge is 2.24. The van der Waals surface area contributed by atoms with E-state index >= 15 is 0 Å². The highest BCUT2D eigenvalue weighted by molar-refractivity contribution is 7.46. The Morgan fingerprint density at radius 2 is 0.698 bits per heavy atom. The summed E-state index contributed by atoms with van der Waals surface area (Å²) in [6, 6.07) is -0.907. The van der Waals surface area contributed by atoms with Crippen LogP contribution in [0.1, 0.15) is 316 Å². The summed E-state index contributed by atoms with van der Waals surface area (Å²) in [5, 5.41) is 13.5. The Labute approximate surface area is 393 Å². The molecule has 0 aromatic carbocycles. The van der Waals surface area contributed by atoms with Crippen LogP contribution in [0.15, 0.2) is 12.2 Å². The minimum Gasteiger partial charge on any atom is -0.387 e. The van der Waals surface area contributed by atoms with Gasteiger partial charge in [-0.25, -0.2) is 4.57 Å². The van der Waals surface area contributed by atoms with Crippen molar-refractivity contribution in [3.63, 3.8) is 0 Å². The standard InChI is InChI=1S/C55H110NO6P/c1-3-5-7-9-11-13-15-17-19-21-22-23-24-25-26-27-28-29-30-31-32-33-35-37-39-41-43-45-47-49-51-55(58)56-53(52-62-63(59,60)61)54(57)50-48-46-44-42-40-38-36-34-20-18-16-14-12-10-8-6-4-2/h48,50,53-54,57H,3-47,49,51-52H2,1-2H3,(H,56,58)(H2,59,60,61)/b50-48+/t53-,54+/m0/s1. The zero-order valence-corrected chi connectivity index (χ0v) is 43.2. The van der Waals surface area contributed by atoms with Crippen LogP contribution in [0.2, 0.25) is 0 Å². The first-order chi connectivity index (χ1) is 30.8. The molecule has 0 radical (unpaired) electrons. The first-order valence-electron chi connectivity index (χ1n) is 28.1. The monoisotopic (exact) mass is 912 g/mol. The van der Waals surface area contributed by atoms with Gasteiger partial charge in [0.25, 0.3) is 0 Å². The lowest BCUT2D eigenvalue weighted by Gasteiger charge is -2.22. The number of aliphatic hydroxyl groups is 1. The Hall–Kier alpha value is -0.720. The molecule has 0 unspecified atom stereocenters. The average molecular weight is 912 g/mol. The van der Waals surface area contributed by atoms with Gasteiger partial charge in [-0.1, -0.05) is 302 Å². The number of phosphoric ester groups is 1. The Balaban J connectivity index is 3.70. The number of allylic oxidation sites excluding steroid dienone is 1. The molecule has 0 bridgehead atoms. The van der Waals surface area contributed by atoms with Crippen LogP contribution >= 0.6 is 7.82 Å². The molecular formula is C55H110NO6P. The molecule has 0 aromatic heterocycles. The van der Waals surface area contributed by atoms with Crippen LogP contribution < -0.4 is 5.32 Å². The van der Waals surface area contributed by atoms with E-state index in [0.29, 0.717) is 6.42 Å². The highest BCUT2D eigenvalue weighted by Crippen LogP contribution is 2.36. The third-order valence-electron chi connectivity index (χ3n) is 13.2. The Bertz CT molecular complexity index is 988. The minimum atomic E-state index is -4.72. The molecule has 8 heteroatoms. The zero-order valence-electron chi connectivity index (χ0n) is 42.3. The van der Waals surface area contributed by atoms with E-state index in [1.807, 2.05) is 6.08 Å². The maximum atomic E-state index is 12.7. The molecule has 0 heterocycles. The van der Waals surface area contributed by atoms with Crippen LogP contribution in [-0.4, -0.2) is 39.6 Å². The van der Waals surface area contributed by atoms with Crippen molar-refractivity contribution in [1.82, 2.24) is 5.32 Å². The summed E-state index contributed by atoms with van der Waals surface area (Å²) < 4.78 is 16.0. The predicted octanol–water partition coefficient (Wildman–Crippen LogP) is 17.9. The van der Waals surface area contributed by atoms with Crippen molar-refractivity contribution >= 4 is 13.7 Å². The van der Waals surface area contributed by atoms with Gasteiger partial charge in [0.05, 0.1) is 18.8 Å². The zero-order chi connectivity index (χ0) is 46.0. The summed E-state index contributed by atoms with van der Waals surface area (Å²) in [4.78, 5) is 31.1. The minimum absolute atomic E-state index is 0.218. The van der Waals surface area contributed by atoms with Gasteiger partial charge in [-0.3, -0.25) is 9.32 Å². The second kappa shape index (κ2) is 50.7. The summed E-state index contributed by atoms with van der Waals surface area (Å²) in [5.74, 6) is -0.218. The summed E-state index contributed by atoms with van der Waals surface area (Å²) >= 11 is 0. The van der Waals surface area contributed by atoms with E-state index in [0.717, 1.165) is 38.5 Å². The molecule has 4 N–H and O–H groups in total. The second-order valence-electron chi connectivity index (χ2n) is 19.6. The van der Waals surface area contributed by atoms with Crippen LogP contribution in [0.5, 0.6) is 0 Å². The van der Waals surface area contributed by atoms with Crippen molar-refractivity contribution in [3.8, 4) is 0 Å². The van der Waals surface area contributed by atoms with Gasteiger partial charge in [-0.15, -0.1) is 0 Å². The first kappa shape index (κ1) is 62.3.